The summed E-state index contributed by atoms with van der Waals surface area (Å²) in [7, 11) is 0. The lowest BCUT2D eigenvalue weighted by Gasteiger charge is -2.22. The van der Waals surface area contributed by atoms with E-state index in [4.69, 9.17) is 5.73 Å². The largest absolute Gasteiger partial charge is 0.368 e. The summed E-state index contributed by atoms with van der Waals surface area (Å²) >= 11 is 0. The van der Waals surface area contributed by atoms with Crippen LogP contribution in [0.5, 0.6) is 0 Å². The molecule has 1 aliphatic rings. The van der Waals surface area contributed by atoms with Gasteiger partial charge in [0.2, 0.25) is 5.91 Å². The SMILES string of the molecule is NC(=O)C(Cc1ccccc1)N1C(=O)NC(Cc2ccccc2)C1=O. The highest BCUT2D eigenvalue weighted by molar-refractivity contribution is 6.07. The van der Waals surface area contributed by atoms with E-state index in [2.05, 4.69) is 5.32 Å². The van der Waals surface area contributed by atoms with E-state index in [0.29, 0.717) is 6.42 Å². The number of benzene rings is 2. The van der Waals surface area contributed by atoms with Crippen LogP contribution in [0, 0.1) is 0 Å². The molecule has 2 unspecified atom stereocenters. The van der Waals surface area contributed by atoms with E-state index in [1.807, 2.05) is 60.7 Å². The molecule has 3 rings (SSSR count). The first kappa shape index (κ1) is 16.7. The van der Waals surface area contributed by atoms with Gasteiger partial charge < -0.3 is 11.1 Å². The summed E-state index contributed by atoms with van der Waals surface area (Å²) in [5.74, 6) is -1.12. The Hall–Kier alpha value is -3.15. The molecule has 1 heterocycles. The molecule has 0 aliphatic carbocycles. The number of rotatable bonds is 6. The van der Waals surface area contributed by atoms with Crippen molar-refractivity contribution in [1.29, 1.82) is 0 Å². The number of nitrogens with two attached hydrogens (primary N) is 1. The van der Waals surface area contributed by atoms with E-state index in [9.17, 15) is 14.4 Å². The lowest BCUT2D eigenvalue weighted by atomic mass is 10.0. The number of urea groups is 1. The van der Waals surface area contributed by atoms with Crippen molar-refractivity contribution in [3.8, 4) is 0 Å². The minimum absolute atomic E-state index is 0.202. The molecule has 0 bridgehead atoms. The minimum Gasteiger partial charge on any atom is -0.368 e. The monoisotopic (exact) mass is 337 g/mol. The van der Waals surface area contributed by atoms with Gasteiger partial charge in [0.25, 0.3) is 5.91 Å². The normalized spacial score (nSPS) is 18.1. The highest BCUT2D eigenvalue weighted by atomic mass is 16.2. The number of hydrogen-bond donors (Lipinski definition) is 2. The fraction of sp³-hybridized carbons (Fsp3) is 0.211. The van der Waals surface area contributed by atoms with Crippen LogP contribution in [0.15, 0.2) is 60.7 Å². The summed E-state index contributed by atoms with van der Waals surface area (Å²) in [6, 6.07) is 16.3. The van der Waals surface area contributed by atoms with Gasteiger partial charge in [0, 0.05) is 12.8 Å². The molecule has 1 saturated heterocycles. The van der Waals surface area contributed by atoms with Gasteiger partial charge in [0.05, 0.1) is 0 Å². The summed E-state index contributed by atoms with van der Waals surface area (Å²) in [5, 5.41) is 2.65. The molecule has 1 aliphatic heterocycles. The van der Waals surface area contributed by atoms with Crippen molar-refractivity contribution in [2.24, 2.45) is 5.73 Å². The zero-order chi connectivity index (χ0) is 17.8. The van der Waals surface area contributed by atoms with E-state index < -0.39 is 29.9 Å². The van der Waals surface area contributed by atoms with Gasteiger partial charge in [0.1, 0.15) is 12.1 Å². The molecule has 25 heavy (non-hydrogen) atoms. The summed E-state index contributed by atoms with van der Waals surface area (Å²) in [4.78, 5) is 37.9. The summed E-state index contributed by atoms with van der Waals surface area (Å²) in [5.41, 5.74) is 7.24. The quantitative estimate of drug-likeness (QED) is 0.777. The van der Waals surface area contributed by atoms with Gasteiger partial charge >= 0.3 is 6.03 Å². The standard InChI is InChI=1S/C19H19N3O3/c20-17(23)16(12-14-9-5-2-6-10-14)22-18(24)15(21-19(22)25)11-13-7-3-1-4-8-13/h1-10,15-16H,11-12H2,(H2,20,23)(H,21,25). The van der Waals surface area contributed by atoms with E-state index in [-0.39, 0.29) is 6.42 Å². The fourth-order valence-corrected chi connectivity index (χ4v) is 2.99. The maximum Gasteiger partial charge on any atom is 0.325 e. The summed E-state index contributed by atoms with van der Waals surface area (Å²) in [6.45, 7) is 0. The molecular formula is C19H19N3O3. The first-order chi connectivity index (χ1) is 12.1. The topological polar surface area (TPSA) is 92.5 Å². The Morgan fingerprint density at radius 3 is 2.12 bits per heavy atom. The van der Waals surface area contributed by atoms with E-state index in [0.717, 1.165) is 16.0 Å². The highest BCUT2D eigenvalue weighted by Gasteiger charge is 2.43. The van der Waals surface area contributed by atoms with Crippen LogP contribution in [0.1, 0.15) is 11.1 Å². The molecule has 0 aromatic heterocycles. The zero-order valence-electron chi connectivity index (χ0n) is 13.6. The number of hydrogen-bond acceptors (Lipinski definition) is 3. The van der Waals surface area contributed by atoms with Crippen LogP contribution in [-0.2, 0) is 22.4 Å². The average molecular weight is 337 g/mol. The highest BCUT2D eigenvalue weighted by Crippen LogP contribution is 2.18. The Bertz CT molecular complexity index is 777. The number of primary amides is 1. The van der Waals surface area contributed by atoms with Gasteiger partial charge in [-0.25, -0.2) is 9.69 Å². The number of nitrogens with zero attached hydrogens (tertiary/aromatic N) is 1. The molecule has 0 radical (unpaired) electrons. The summed E-state index contributed by atoms with van der Waals surface area (Å²) < 4.78 is 0. The average Bonchev–Trinajstić information content (AvgIpc) is 2.88. The smallest absolute Gasteiger partial charge is 0.325 e. The van der Waals surface area contributed by atoms with Crippen LogP contribution in [0.3, 0.4) is 0 Å². The Morgan fingerprint density at radius 2 is 1.56 bits per heavy atom. The molecule has 2 aromatic rings. The molecule has 3 N–H and O–H groups in total. The molecule has 4 amide bonds. The number of nitrogens with one attached hydrogen (secondary N) is 1. The van der Waals surface area contributed by atoms with Gasteiger partial charge in [-0.05, 0) is 11.1 Å². The van der Waals surface area contributed by atoms with Gasteiger partial charge in [-0.2, -0.15) is 0 Å². The lowest BCUT2D eigenvalue weighted by Crippen LogP contribution is -2.49. The third-order valence-electron chi connectivity index (χ3n) is 4.25. The Labute approximate surface area is 145 Å². The summed E-state index contributed by atoms with van der Waals surface area (Å²) in [6.07, 6.45) is 0.576. The minimum atomic E-state index is -1.00. The molecule has 0 saturated carbocycles. The van der Waals surface area contributed by atoms with Crippen LogP contribution in [-0.4, -0.2) is 34.8 Å². The van der Waals surface area contributed by atoms with E-state index in [1.54, 1.807) is 0 Å². The second kappa shape index (κ2) is 7.17. The van der Waals surface area contributed by atoms with Crippen LogP contribution < -0.4 is 11.1 Å². The molecule has 2 atom stereocenters. The van der Waals surface area contributed by atoms with Crippen LogP contribution in [0.2, 0.25) is 0 Å². The molecule has 6 nitrogen and oxygen atoms in total. The maximum atomic E-state index is 12.7. The second-order valence-electron chi connectivity index (χ2n) is 6.01. The number of amides is 4. The molecule has 0 spiro atoms. The van der Waals surface area contributed by atoms with Crippen LogP contribution in [0.25, 0.3) is 0 Å². The maximum absolute atomic E-state index is 12.7. The predicted octanol–water partition coefficient (Wildman–Crippen LogP) is 1.25. The van der Waals surface area contributed by atoms with Crippen molar-refractivity contribution in [2.75, 3.05) is 0 Å². The van der Waals surface area contributed by atoms with Crippen molar-refractivity contribution >= 4 is 17.8 Å². The molecule has 128 valence electrons. The first-order valence-electron chi connectivity index (χ1n) is 8.07. The first-order valence-corrected chi connectivity index (χ1v) is 8.07. The number of carbonyl (C=O) groups excluding carboxylic acids is 3. The van der Waals surface area contributed by atoms with Gasteiger partial charge in [-0.15, -0.1) is 0 Å². The molecule has 1 fully saturated rings. The van der Waals surface area contributed by atoms with Crippen molar-refractivity contribution in [1.82, 2.24) is 10.2 Å². The van der Waals surface area contributed by atoms with Crippen LogP contribution in [0.4, 0.5) is 4.79 Å². The third-order valence-corrected chi connectivity index (χ3v) is 4.25. The Kier molecular flexibility index (Phi) is 4.79. The van der Waals surface area contributed by atoms with Crippen molar-refractivity contribution < 1.29 is 14.4 Å². The number of imide groups is 1. The van der Waals surface area contributed by atoms with Gasteiger partial charge in [-0.1, -0.05) is 60.7 Å². The second-order valence-corrected chi connectivity index (χ2v) is 6.01. The van der Waals surface area contributed by atoms with Crippen molar-refractivity contribution in [3.05, 3.63) is 71.8 Å². The predicted molar refractivity (Wildman–Crippen MR) is 92.4 cm³/mol. The Morgan fingerprint density at radius 1 is 1.00 bits per heavy atom. The van der Waals surface area contributed by atoms with Gasteiger partial charge in [-0.3, -0.25) is 9.59 Å². The Balaban J connectivity index is 1.78. The van der Waals surface area contributed by atoms with Crippen molar-refractivity contribution in [3.63, 3.8) is 0 Å². The molecule has 6 heteroatoms. The zero-order valence-corrected chi connectivity index (χ0v) is 13.6. The third kappa shape index (κ3) is 3.68. The fourth-order valence-electron chi connectivity index (χ4n) is 2.99. The van der Waals surface area contributed by atoms with Crippen molar-refractivity contribution in [2.45, 2.75) is 24.9 Å². The van der Waals surface area contributed by atoms with Crippen LogP contribution >= 0.6 is 0 Å². The van der Waals surface area contributed by atoms with E-state index in [1.165, 1.54) is 0 Å². The van der Waals surface area contributed by atoms with E-state index >= 15 is 0 Å². The van der Waals surface area contributed by atoms with Gasteiger partial charge in [0.15, 0.2) is 0 Å². The number of carbonyl (C=O) groups is 3. The lowest BCUT2D eigenvalue weighted by molar-refractivity contribution is -0.134. The molecular weight excluding hydrogens is 318 g/mol. The molecule has 2 aromatic carbocycles.